The van der Waals surface area contributed by atoms with Gasteiger partial charge in [-0.05, 0) is 43.7 Å². The molecule has 0 spiro atoms. The predicted octanol–water partition coefficient (Wildman–Crippen LogP) is 3.05. The van der Waals surface area contributed by atoms with Crippen molar-refractivity contribution in [3.8, 4) is 5.75 Å². The van der Waals surface area contributed by atoms with E-state index in [1.807, 2.05) is 25.1 Å². The van der Waals surface area contributed by atoms with Crippen molar-refractivity contribution in [1.29, 1.82) is 0 Å². The van der Waals surface area contributed by atoms with Gasteiger partial charge in [-0.25, -0.2) is 0 Å². The van der Waals surface area contributed by atoms with Crippen LogP contribution in [0.5, 0.6) is 5.75 Å². The zero-order valence-electron chi connectivity index (χ0n) is 11.6. The lowest BCUT2D eigenvalue weighted by Gasteiger charge is -2.28. The number of nitrogens with zero attached hydrogens (tertiary/aromatic N) is 1. The number of hydrogen-bond donors (Lipinski definition) is 2. The van der Waals surface area contributed by atoms with Gasteiger partial charge in [0.2, 0.25) is 0 Å². The van der Waals surface area contributed by atoms with E-state index in [4.69, 9.17) is 15.7 Å². The lowest BCUT2D eigenvalue weighted by atomic mass is 9.88. The van der Waals surface area contributed by atoms with Crippen LogP contribution in [0.1, 0.15) is 43.7 Å². The van der Waals surface area contributed by atoms with E-state index in [1.165, 1.54) is 12.8 Å². The highest BCUT2D eigenvalue weighted by Crippen LogP contribution is 2.31. The van der Waals surface area contributed by atoms with E-state index in [2.05, 4.69) is 12.1 Å². The van der Waals surface area contributed by atoms with Crippen molar-refractivity contribution in [2.45, 2.75) is 45.6 Å². The Labute approximate surface area is 114 Å². The van der Waals surface area contributed by atoms with Gasteiger partial charge in [-0.3, -0.25) is 0 Å². The van der Waals surface area contributed by atoms with Gasteiger partial charge < -0.3 is 15.7 Å². The Morgan fingerprint density at radius 2 is 2.21 bits per heavy atom. The molecular weight excluding hydrogens is 240 g/mol. The Balaban J connectivity index is 2.23. The molecule has 4 nitrogen and oxygen atoms in total. The molecule has 1 fully saturated rings. The predicted molar refractivity (Wildman–Crippen MR) is 75.7 cm³/mol. The first-order valence-corrected chi connectivity index (χ1v) is 6.86. The fraction of sp³-hybridized carbons (Fsp3) is 0.533. The van der Waals surface area contributed by atoms with Crippen molar-refractivity contribution in [3.63, 3.8) is 0 Å². The summed E-state index contributed by atoms with van der Waals surface area (Å²) in [6, 6.07) is 5.69. The molecule has 2 unspecified atom stereocenters. The SMILES string of the molecule is Cc1cccc(/C(N)=N/O)c1OC1CCCC(C)C1. The van der Waals surface area contributed by atoms with Gasteiger partial charge in [0.05, 0.1) is 11.7 Å². The maximum Gasteiger partial charge on any atom is 0.173 e. The first-order chi connectivity index (χ1) is 9.11. The largest absolute Gasteiger partial charge is 0.489 e. The van der Waals surface area contributed by atoms with Crippen molar-refractivity contribution in [2.24, 2.45) is 16.8 Å². The van der Waals surface area contributed by atoms with Crippen molar-refractivity contribution in [3.05, 3.63) is 29.3 Å². The minimum Gasteiger partial charge on any atom is -0.489 e. The van der Waals surface area contributed by atoms with Gasteiger partial charge >= 0.3 is 0 Å². The zero-order chi connectivity index (χ0) is 13.8. The molecule has 19 heavy (non-hydrogen) atoms. The van der Waals surface area contributed by atoms with E-state index >= 15 is 0 Å². The normalized spacial score (nSPS) is 24.2. The Morgan fingerprint density at radius 3 is 2.89 bits per heavy atom. The smallest absolute Gasteiger partial charge is 0.173 e. The second kappa shape index (κ2) is 5.95. The summed E-state index contributed by atoms with van der Waals surface area (Å²) < 4.78 is 6.14. The summed E-state index contributed by atoms with van der Waals surface area (Å²) in [4.78, 5) is 0. The van der Waals surface area contributed by atoms with E-state index in [-0.39, 0.29) is 11.9 Å². The second-order valence-corrected chi connectivity index (χ2v) is 5.45. The summed E-state index contributed by atoms with van der Waals surface area (Å²) >= 11 is 0. The molecule has 0 aromatic heterocycles. The van der Waals surface area contributed by atoms with E-state index < -0.39 is 0 Å². The first kappa shape index (κ1) is 13.7. The standard InChI is InChI=1S/C15H22N2O2/c1-10-5-3-7-12(9-10)19-14-11(2)6-4-8-13(14)15(16)17-18/h4,6,8,10,12,18H,3,5,7,9H2,1-2H3,(H2,16,17). The van der Waals surface area contributed by atoms with E-state index in [0.29, 0.717) is 11.5 Å². The molecule has 0 aliphatic heterocycles. The summed E-state index contributed by atoms with van der Waals surface area (Å²) in [7, 11) is 0. The molecule has 104 valence electrons. The molecule has 1 aliphatic carbocycles. The summed E-state index contributed by atoms with van der Waals surface area (Å²) in [5, 5.41) is 11.9. The summed E-state index contributed by atoms with van der Waals surface area (Å²) in [6.07, 6.45) is 4.87. The van der Waals surface area contributed by atoms with Gasteiger partial charge in [-0.2, -0.15) is 0 Å². The van der Waals surface area contributed by atoms with Gasteiger partial charge in [0, 0.05) is 0 Å². The molecule has 1 aliphatic rings. The highest BCUT2D eigenvalue weighted by atomic mass is 16.5. The summed E-state index contributed by atoms with van der Waals surface area (Å²) in [5.41, 5.74) is 7.40. The number of ether oxygens (including phenoxy) is 1. The molecule has 0 radical (unpaired) electrons. The topological polar surface area (TPSA) is 67.8 Å². The Hall–Kier alpha value is -1.71. The molecule has 1 aromatic carbocycles. The van der Waals surface area contributed by atoms with Crippen LogP contribution in [0.4, 0.5) is 0 Å². The number of nitrogens with two attached hydrogens (primary N) is 1. The number of aryl methyl sites for hydroxylation is 1. The second-order valence-electron chi connectivity index (χ2n) is 5.45. The fourth-order valence-electron chi connectivity index (χ4n) is 2.72. The number of hydrogen-bond acceptors (Lipinski definition) is 3. The third kappa shape index (κ3) is 3.19. The van der Waals surface area contributed by atoms with Crippen molar-refractivity contribution >= 4 is 5.84 Å². The Bertz CT molecular complexity index is 471. The van der Waals surface area contributed by atoms with Crippen LogP contribution in [0.2, 0.25) is 0 Å². The van der Waals surface area contributed by atoms with Gasteiger partial charge in [0.25, 0.3) is 0 Å². The monoisotopic (exact) mass is 262 g/mol. The van der Waals surface area contributed by atoms with E-state index in [0.717, 1.165) is 24.2 Å². The Kier molecular flexibility index (Phi) is 4.30. The molecule has 0 saturated heterocycles. The summed E-state index contributed by atoms with van der Waals surface area (Å²) in [5.74, 6) is 1.55. The van der Waals surface area contributed by atoms with Crippen LogP contribution in [-0.4, -0.2) is 17.1 Å². The van der Waals surface area contributed by atoms with E-state index in [9.17, 15) is 0 Å². The number of amidine groups is 1. The number of benzene rings is 1. The van der Waals surface area contributed by atoms with Crippen LogP contribution in [0.3, 0.4) is 0 Å². The average molecular weight is 262 g/mol. The maximum absolute atomic E-state index is 8.86. The number of oxime groups is 1. The van der Waals surface area contributed by atoms with Crippen LogP contribution in [0.25, 0.3) is 0 Å². The molecule has 0 heterocycles. The highest BCUT2D eigenvalue weighted by Gasteiger charge is 2.22. The third-order valence-electron chi connectivity index (χ3n) is 3.77. The third-order valence-corrected chi connectivity index (χ3v) is 3.77. The molecule has 0 amide bonds. The lowest BCUT2D eigenvalue weighted by Crippen LogP contribution is -2.26. The van der Waals surface area contributed by atoms with Gasteiger partial charge in [-0.15, -0.1) is 0 Å². The van der Waals surface area contributed by atoms with Gasteiger partial charge in [-0.1, -0.05) is 30.6 Å². The Morgan fingerprint density at radius 1 is 1.42 bits per heavy atom. The molecule has 0 bridgehead atoms. The van der Waals surface area contributed by atoms with Crippen LogP contribution >= 0.6 is 0 Å². The van der Waals surface area contributed by atoms with Crippen LogP contribution in [0.15, 0.2) is 23.4 Å². The van der Waals surface area contributed by atoms with E-state index in [1.54, 1.807) is 0 Å². The fourth-order valence-corrected chi connectivity index (χ4v) is 2.72. The highest BCUT2D eigenvalue weighted by molar-refractivity contribution is 5.99. The molecule has 4 heteroatoms. The molecular formula is C15H22N2O2. The zero-order valence-corrected chi connectivity index (χ0v) is 11.6. The van der Waals surface area contributed by atoms with Crippen LogP contribution in [-0.2, 0) is 0 Å². The van der Waals surface area contributed by atoms with Gasteiger partial charge in [0.1, 0.15) is 5.75 Å². The minimum absolute atomic E-state index is 0.0996. The first-order valence-electron chi connectivity index (χ1n) is 6.86. The minimum atomic E-state index is 0.0996. The average Bonchev–Trinajstić information content (AvgIpc) is 2.40. The quantitative estimate of drug-likeness (QED) is 0.381. The van der Waals surface area contributed by atoms with Crippen molar-refractivity contribution in [2.75, 3.05) is 0 Å². The summed E-state index contributed by atoms with van der Waals surface area (Å²) in [6.45, 7) is 4.24. The molecule has 1 saturated carbocycles. The molecule has 2 rings (SSSR count). The molecule has 3 N–H and O–H groups in total. The molecule has 1 aromatic rings. The van der Waals surface area contributed by atoms with Crippen LogP contribution < -0.4 is 10.5 Å². The van der Waals surface area contributed by atoms with Gasteiger partial charge in [0.15, 0.2) is 5.84 Å². The lowest BCUT2D eigenvalue weighted by molar-refractivity contribution is 0.128. The maximum atomic E-state index is 8.86. The number of para-hydroxylation sites is 1. The van der Waals surface area contributed by atoms with Crippen molar-refractivity contribution in [1.82, 2.24) is 0 Å². The number of rotatable bonds is 3. The van der Waals surface area contributed by atoms with Crippen LogP contribution in [0, 0.1) is 12.8 Å². The van der Waals surface area contributed by atoms with Crippen molar-refractivity contribution < 1.29 is 9.94 Å². The molecule has 2 atom stereocenters.